The molecule has 0 bridgehead atoms. The average Bonchev–Trinajstić information content (AvgIpc) is 2.08. The van der Waals surface area contributed by atoms with Gasteiger partial charge in [-0.3, -0.25) is 0 Å². The lowest BCUT2D eigenvalue weighted by molar-refractivity contribution is -0.106. The Morgan fingerprint density at radius 3 is 1.62 bits per heavy atom. The number of aldehydes is 1. The number of hydrogen-bond donors (Lipinski definition) is 5. The molecule has 0 aromatic heterocycles. The summed E-state index contributed by atoms with van der Waals surface area (Å²) in [6.45, 7) is 3.31. The minimum absolute atomic E-state index is 0.368. The summed E-state index contributed by atoms with van der Waals surface area (Å²) in [6, 6.07) is 7.25. The molecule has 0 amide bonds. The van der Waals surface area contributed by atoms with Crippen LogP contribution in [0.1, 0.15) is 12.5 Å². The summed E-state index contributed by atoms with van der Waals surface area (Å²) < 4.78 is 0. The smallest absolute Gasteiger partial charge is 0.508 e. The van der Waals surface area contributed by atoms with Gasteiger partial charge < -0.3 is 29.1 Å². The molecule has 0 saturated carbocycles. The Bertz CT molecular complexity index is 269. The van der Waals surface area contributed by atoms with Crippen LogP contribution in [-0.4, -0.2) is 39.6 Å². The van der Waals surface area contributed by atoms with Crippen molar-refractivity contribution < 1.29 is 29.1 Å². The van der Waals surface area contributed by atoms with Crippen LogP contribution < -0.4 is 0 Å². The fraction of sp³-hybridized carbons (Fsp3) is 0.222. The standard InChI is InChI=1S/C7H8O.C2H4O.H4O4Si/c1-6-4-2-3-5-7(6)8;1-2-3;1-5(2,3)4/h2-5,8H,1H3;2H,1H3;1-4H. The molecule has 0 fully saturated rings. The van der Waals surface area contributed by atoms with Crippen molar-refractivity contribution in [2.24, 2.45) is 0 Å². The summed E-state index contributed by atoms with van der Waals surface area (Å²) >= 11 is 0. The Hall–Kier alpha value is -1.25. The van der Waals surface area contributed by atoms with E-state index in [1.54, 1.807) is 6.07 Å². The van der Waals surface area contributed by atoms with Crippen LogP contribution >= 0.6 is 0 Å². The first-order valence-electron chi connectivity index (χ1n) is 4.26. The maximum Gasteiger partial charge on any atom is 0.668 e. The minimum Gasteiger partial charge on any atom is -0.508 e. The highest BCUT2D eigenvalue weighted by atomic mass is 28.4. The number of aromatic hydroxyl groups is 1. The molecule has 0 heterocycles. The number of phenolic OH excluding ortho intramolecular Hbond substituents is 1. The number of carbonyl (C=O) groups excluding carboxylic acids is 1. The van der Waals surface area contributed by atoms with Crippen molar-refractivity contribution in [1.29, 1.82) is 0 Å². The van der Waals surface area contributed by atoms with E-state index in [9.17, 15) is 0 Å². The van der Waals surface area contributed by atoms with Gasteiger partial charge in [-0.05, 0) is 25.5 Å². The molecule has 0 saturated heterocycles. The summed E-state index contributed by atoms with van der Waals surface area (Å²) in [5.74, 6) is 0.368. The number of rotatable bonds is 0. The number of hydrogen-bond acceptors (Lipinski definition) is 6. The molecule has 92 valence electrons. The molecule has 0 spiro atoms. The first-order chi connectivity index (χ1) is 7.22. The Balaban J connectivity index is 0. The van der Waals surface area contributed by atoms with Gasteiger partial charge in [0.1, 0.15) is 12.0 Å². The maximum atomic E-state index is 8.92. The van der Waals surface area contributed by atoms with Crippen LogP contribution in [0.5, 0.6) is 5.75 Å². The van der Waals surface area contributed by atoms with Crippen molar-refractivity contribution in [2.45, 2.75) is 13.8 Å². The molecule has 16 heavy (non-hydrogen) atoms. The Kier molecular flexibility index (Phi) is 9.66. The highest BCUT2D eigenvalue weighted by Gasteiger charge is 2.22. The minimum atomic E-state index is -4.61. The molecule has 5 N–H and O–H groups in total. The zero-order valence-electron chi connectivity index (χ0n) is 9.03. The lowest BCUT2D eigenvalue weighted by Crippen LogP contribution is -2.33. The lowest BCUT2D eigenvalue weighted by atomic mass is 10.2. The van der Waals surface area contributed by atoms with Gasteiger partial charge in [-0.2, -0.15) is 0 Å². The van der Waals surface area contributed by atoms with Crippen LogP contribution in [0.15, 0.2) is 24.3 Å². The molecule has 1 aromatic rings. The van der Waals surface area contributed by atoms with Crippen molar-refractivity contribution in [3.63, 3.8) is 0 Å². The van der Waals surface area contributed by atoms with Crippen molar-refractivity contribution in [1.82, 2.24) is 0 Å². The van der Waals surface area contributed by atoms with Crippen molar-refractivity contribution in [3.05, 3.63) is 29.8 Å². The molecule has 0 aliphatic rings. The van der Waals surface area contributed by atoms with Gasteiger partial charge in [0.2, 0.25) is 0 Å². The highest BCUT2D eigenvalue weighted by molar-refractivity contribution is 6.46. The molecule has 0 aliphatic carbocycles. The molecular formula is C9H16O6Si. The largest absolute Gasteiger partial charge is 0.668 e. The van der Waals surface area contributed by atoms with Crippen LogP contribution in [-0.2, 0) is 4.79 Å². The SMILES string of the molecule is CC=O.Cc1ccccc1O.O[Si](O)(O)O. The molecule has 0 radical (unpaired) electrons. The van der Waals surface area contributed by atoms with E-state index in [-0.39, 0.29) is 0 Å². The van der Waals surface area contributed by atoms with Gasteiger partial charge in [0, 0.05) is 0 Å². The van der Waals surface area contributed by atoms with Crippen molar-refractivity contribution in [2.75, 3.05) is 0 Å². The number of phenols is 1. The molecule has 6 nitrogen and oxygen atoms in total. The topological polar surface area (TPSA) is 118 Å². The molecular weight excluding hydrogens is 232 g/mol. The number of para-hydroxylation sites is 1. The van der Waals surface area contributed by atoms with Crippen molar-refractivity contribution in [3.8, 4) is 5.75 Å². The normalized spacial score (nSPS) is 9.12. The lowest BCUT2D eigenvalue weighted by Gasteiger charge is -1.92. The predicted octanol–water partition coefficient (Wildman–Crippen LogP) is -0.703. The molecule has 1 aromatic carbocycles. The van der Waals surface area contributed by atoms with Crippen molar-refractivity contribution >= 4 is 15.3 Å². The second-order valence-electron chi connectivity index (χ2n) is 2.62. The summed E-state index contributed by atoms with van der Waals surface area (Å²) in [4.78, 5) is 38.1. The first-order valence-corrected chi connectivity index (χ1v) is 6.05. The summed E-state index contributed by atoms with van der Waals surface area (Å²) in [7, 11) is -4.61. The summed E-state index contributed by atoms with van der Waals surface area (Å²) in [6.07, 6.45) is 0.750. The molecule has 1 rings (SSSR count). The Morgan fingerprint density at radius 2 is 1.44 bits per heavy atom. The van der Waals surface area contributed by atoms with Crippen LogP contribution in [0.4, 0.5) is 0 Å². The Morgan fingerprint density at radius 1 is 1.12 bits per heavy atom. The number of carbonyl (C=O) groups is 1. The van der Waals surface area contributed by atoms with Crippen LogP contribution in [0.3, 0.4) is 0 Å². The van der Waals surface area contributed by atoms with Crippen LogP contribution in [0.2, 0.25) is 0 Å². The molecule has 0 unspecified atom stereocenters. The monoisotopic (exact) mass is 248 g/mol. The zero-order valence-corrected chi connectivity index (χ0v) is 10.0. The molecule has 0 atom stereocenters. The van der Waals surface area contributed by atoms with Crippen LogP contribution in [0.25, 0.3) is 0 Å². The number of aryl methyl sites for hydroxylation is 1. The quantitative estimate of drug-likeness (QED) is 0.306. The van der Waals surface area contributed by atoms with Gasteiger partial charge in [0.25, 0.3) is 0 Å². The van der Waals surface area contributed by atoms with E-state index in [4.69, 9.17) is 29.1 Å². The van der Waals surface area contributed by atoms with E-state index in [1.807, 2.05) is 25.1 Å². The zero-order chi connectivity index (χ0) is 13.2. The third-order valence-electron chi connectivity index (χ3n) is 1.12. The van der Waals surface area contributed by atoms with Gasteiger partial charge in [-0.25, -0.2) is 0 Å². The maximum absolute atomic E-state index is 8.92. The van der Waals surface area contributed by atoms with E-state index in [0.29, 0.717) is 5.75 Å². The predicted molar refractivity (Wildman–Crippen MR) is 59.2 cm³/mol. The molecule has 7 heteroatoms. The first kappa shape index (κ1) is 17.2. The van der Waals surface area contributed by atoms with E-state index in [0.717, 1.165) is 11.8 Å². The highest BCUT2D eigenvalue weighted by Crippen LogP contribution is 2.12. The van der Waals surface area contributed by atoms with Gasteiger partial charge in [-0.15, -0.1) is 0 Å². The third kappa shape index (κ3) is 18.5. The second kappa shape index (κ2) is 9.01. The van der Waals surface area contributed by atoms with Crippen LogP contribution in [0, 0.1) is 6.92 Å². The van der Waals surface area contributed by atoms with Gasteiger partial charge >= 0.3 is 9.05 Å². The van der Waals surface area contributed by atoms with Gasteiger partial charge in [0.15, 0.2) is 0 Å². The summed E-state index contributed by atoms with van der Waals surface area (Å²) in [5.41, 5.74) is 0.924. The number of benzene rings is 1. The average molecular weight is 248 g/mol. The fourth-order valence-corrected chi connectivity index (χ4v) is 0.563. The third-order valence-corrected chi connectivity index (χ3v) is 1.12. The second-order valence-corrected chi connectivity index (χ2v) is 3.82. The van der Waals surface area contributed by atoms with Gasteiger partial charge in [0.05, 0.1) is 0 Å². The van der Waals surface area contributed by atoms with Gasteiger partial charge in [-0.1, -0.05) is 18.2 Å². The Labute approximate surface area is 94.5 Å². The van der Waals surface area contributed by atoms with E-state index in [1.165, 1.54) is 6.92 Å². The fourth-order valence-electron chi connectivity index (χ4n) is 0.563. The van der Waals surface area contributed by atoms with E-state index >= 15 is 0 Å². The molecule has 0 aliphatic heterocycles. The van der Waals surface area contributed by atoms with E-state index < -0.39 is 9.05 Å². The van der Waals surface area contributed by atoms with E-state index in [2.05, 4.69) is 0 Å². The summed E-state index contributed by atoms with van der Waals surface area (Å²) in [5, 5.41) is 8.92.